The van der Waals surface area contributed by atoms with Crippen LogP contribution in [0.15, 0.2) is 6.07 Å². The maximum atomic E-state index is 10.3. The Morgan fingerprint density at radius 2 is 2.00 bits per heavy atom. The van der Waals surface area contributed by atoms with Crippen LogP contribution in [0.25, 0.3) is 0 Å². The van der Waals surface area contributed by atoms with Crippen molar-refractivity contribution in [2.45, 2.75) is 0 Å². The van der Waals surface area contributed by atoms with Gasteiger partial charge in [0.2, 0.25) is 0 Å². The largest absolute Gasteiger partial charge is 0.482 e. The fourth-order valence-electron chi connectivity index (χ4n) is 0.716. The minimum Gasteiger partial charge on any atom is -0.482 e. The van der Waals surface area contributed by atoms with Gasteiger partial charge in [0, 0.05) is 0 Å². The Bertz CT molecular complexity index is 360. The molecule has 0 unspecified atom stereocenters. The van der Waals surface area contributed by atoms with Crippen LogP contribution in [-0.2, 0) is 0 Å². The second-order valence-electron chi connectivity index (χ2n) is 1.98. The molecule has 8 heteroatoms. The molecule has 0 atom stereocenters. The highest BCUT2D eigenvalue weighted by molar-refractivity contribution is 7.17. The summed E-state index contributed by atoms with van der Waals surface area (Å²) in [4.78, 5) is 19.2. The number of hydrogen-bond donors (Lipinski definition) is 0. The van der Waals surface area contributed by atoms with Gasteiger partial charge in [-0.15, -0.1) is 0 Å². The molecule has 0 N–H and O–H groups in total. The van der Waals surface area contributed by atoms with Gasteiger partial charge in [-0.2, -0.15) is 0 Å². The summed E-state index contributed by atoms with van der Waals surface area (Å²) in [5.74, 6) is 0. The van der Waals surface area contributed by atoms with Gasteiger partial charge in [-0.05, 0) is 11.3 Å². The van der Waals surface area contributed by atoms with Crippen LogP contribution in [-0.4, -0.2) is 17.0 Å². The fraction of sp³-hybridized carbons (Fsp3) is 0.200. The van der Waals surface area contributed by atoms with Gasteiger partial charge in [0.1, 0.15) is 6.07 Å². The second-order valence-corrected chi connectivity index (χ2v) is 2.97. The first-order chi connectivity index (χ1) is 6.06. The summed E-state index contributed by atoms with van der Waals surface area (Å²) in [7, 11) is 1.22. The number of nitrogens with zero attached hydrogens (tertiary/aromatic N) is 2. The minimum absolute atomic E-state index is 0.0586. The van der Waals surface area contributed by atoms with Crippen molar-refractivity contribution in [3.05, 3.63) is 26.3 Å². The zero-order valence-electron chi connectivity index (χ0n) is 6.42. The molecule has 0 spiro atoms. The van der Waals surface area contributed by atoms with E-state index < -0.39 is 9.85 Å². The van der Waals surface area contributed by atoms with Crippen LogP contribution in [0.2, 0.25) is 0 Å². The Morgan fingerprint density at radius 3 is 2.31 bits per heavy atom. The summed E-state index contributed by atoms with van der Waals surface area (Å²) < 4.78 is 4.61. The molecule has 0 aromatic carbocycles. The van der Waals surface area contributed by atoms with Gasteiger partial charge in [-0.3, -0.25) is 20.2 Å². The van der Waals surface area contributed by atoms with Crippen molar-refractivity contribution in [1.82, 2.24) is 0 Å². The Hall–Kier alpha value is -1.70. The smallest absolute Gasteiger partial charge is 0.334 e. The molecule has 0 aliphatic carbocycles. The monoisotopic (exact) mass is 204 g/mol. The van der Waals surface area contributed by atoms with Gasteiger partial charge in [-0.25, -0.2) is 0 Å². The first-order valence-corrected chi connectivity index (χ1v) is 3.84. The molecule has 1 rings (SSSR count). The number of hydrogen-bond acceptors (Lipinski definition) is 6. The summed E-state index contributed by atoms with van der Waals surface area (Å²) in [5, 5.41) is 20.2. The van der Waals surface area contributed by atoms with Crippen molar-refractivity contribution in [2.75, 3.05) is 7.11 Å². The molecular weight excluding hydrogens is 200 g/mol. The van der Waals surface area contributed by atoms with Crippen LogP contribution in [0.3, 0.4) is 0 Å². The van der Waals surface area contributed by atoms with E-state index in [9.17, 15) is 20.2 Å². The number of ether oxygens (including phenoxy) is 1. The number of nitro groups is 2. The zero-order chi connectivity index (χ0) is 10.0. The standard InChI is InChI=1S/C5H4N2O5S/c1-12-5-3(6(8)9)2-4(13-5)7(10)11/h2H,1H3. The van der Waals surface area contributed by atoms with Crippen LogP contribution in [0.5, 0.6) is 5.06 Å². The van der Waals surface area contributed by atoms with Gasteiger partial charge < -0.3 is 4.74 Å². The third-order valence-corrected chi connectivity index (χ3v) is 2.27. The van der Waals surface area contributed by atoms with Crippen LogP contribution in [0.4, 0.5) is 10.7 Å². The van der Waals surface area contributed by atoms with Crippen molar-refractivity contribution in [3.8, 4) is 5.06 Å². The summed E-state index contributed by atoms with van der Waals surface area (Å²) >= 11 is 0.633. The van der Waals surface area contributed by atoms with E-state index in [0.717, 1.165) is 6.07 Å². The molecular formula is C5H4N2O5S. The van der Waals surface area contributed by atoms with Gasteiger partial charge in [0.15, 0.2) is 0 Å². The van der Waals surface area contributed by atoms with E-state index in [2.05, 4.69) is 4.74 Å². The summed E-state index contributed by atoms with van der Waals surface area (Å²) in [5.41, 5.74) is -0.376. The lowest BCUT2D eigenvalue weighted by Crippen LogP contribution is -1.88. The van der Waals surface area contributed by atoms with Crippen molar-refractivity contribution in [3.63, 3.8) is 0 Å². The molecule has 13 heavy (non-hydrogen) atoms. The average Bonchev–Trinajstić information content (AvgIpc) is 2.47. The molecule has 0 aliphatic heterocycles. The molecule has 0 saturated carbocycles. The van der Waals surface area contributed by atoms with Gasteiger partial charge in [0.25, 0.3) is 5.06 Å². The van der Waals surface area contributed by atoms with E-state index in [-0.39, 0.29) is 15.8 Å². The Morgan fingerprint density at radius 1 is 1.38 bits per heavy atom. The SMILES string of the molecule is COc1sc([N+](=O)[O-])cc1[N+](=O)[O-]. The number of rotatable bonds is 3. The predicted molar refractivity (Wildman–Crippen MR) is 44.2 cm³/mol. The molecule has 0 saturated heterocycles. The first-order valence-electron chi connectivity index (χ1n) is 3.03. The van der Waals surface area contributed by atoms with E-state index in [1.165, 1.54) is 7.11 Å². The highest BCUT2D eigenvalue weighted by Gasteiger charge is 2.25. The summed E-state index contributed by atoms with van der Waals surface area (Å²) in [6, 6.07) is 0.878. The molecule has 70 valence electrons. The van der Waals surface area contributed by atoms with Crippen molar-refractivity contribution in [2.24, 2.45) is 0 Å². The lowest BCUT2D eigenvalue weighted by molar-refractivity contribution is -0.390. The lowest BCUT2D eigenvalue weighted by Gasteiger charge is -1.90. The highest BCUT2D eigenvalue weighted by Crippen LogP contribution is 2.40. The molecule has 0 radical (unpaired) electrons. The van der Waals surface area contributed by atoms with Gasteiger partial charge in [0.05, 0.1) is 17.0 Å². The van der Waals surface area contributed by atoms with E-state index in [4.69, 9.17) is 0 Å². The van der Waals surface area contributed by atoms with Crippen molar-refractivity contribution < 1.29 is 14.6 Å². The molecule has 0 fully saturated rings. The summed E-state index contributed by atoms with van der Waals surface area (Å²) in [6.45, 7) is 0. The maximum absolute atomic E-state index is 10.3. The molecule has 1 heterocycles. The third-order valence-electron chi connectivity index (χ3n) is 1.23. The zero-order valence-corrected chi connectivity index (χ0v) is 7.24. The lowest BCUT2D eigenvalue weighted by atomic mass is 10.5. The van der Waals surface area contributed by atoms with E-state index in [0.29, 0.717) is 11.3 Å². The van der Waals surface area contributed by atoms with E-state index in [1.54, 1.807) is 0 Å². The second kappa shape index (κ2) is 3.35. The quantitative estimate of drug-likeness (QED) is 0.550. The molecule has 0 amide bonds. The molecule has 1 aromatic heterocycles. The minimum atomic E-state index is -0.720. The average molecular weight is 204 g/mol. The van der Waals surface area contributed by atoms with Crippen LogP contribution < -0.4 is 4.74 Å². The normalized spacial score (nSPS) is 9.62. The number of thiophene rings is 1. The Balaban J connectivity index is 3.19. The first kappa shape index (κ1) is 9.39. The fourth-order valence-corrected chi connectivity index (χ4v) is 1.47. The Kier molecular flexibility index (Phi) is 2.42. The molecule has 7 nitrogen and oxygen atoms in total. The summed E-state index contributed by atoms with van der Waals surface area (Å²) in [6.07, 6.45) is 0. The molecule has 1 aromatic rings. The van der Waals surface area contributed by atoms with Crippen molar-refractivity contribution >= 4 is 22.0 Å². The van der Waals surface area contributed by atoms with Crippen LogP contribution >= 0.6 is 11.3 Å². The predicted octanol–water partition coefficient (Wildman–Crippen LogP) is 1.57. The maximum Gasteiger partial charge on any atom is 0.334 e. The van der Waals surface area contributed by atoms with E-state index in [1.807, 2.05) is 0 Å². The Labute approximate surface area is 75.9 Å². The van der Waals surface area contributed by atoms with E-state index >= 15 is 0 Å². The van der Waals surface area contributed by atoms with Crippen LogP contribution in [0.1, 0.15) is 0 Å². The van der Waals surface area contributed by atoms with Gasteiger partial charge in [-0.1, -0.05) is 0 Å². The third kappa shape index (κ3) is 1.72. The van der Waals surface area contributed by atoms with Crippen molar-refractivity contribution in [1.29, 1.82) is 0 Å². The molecule has 0 bridgehead atoms. The topological polar surface area (TPSA) is 95.5 Å². The molecule has 0 aliphatic rings. The highest BCUT2D eigenvalue weighted by atomic mass is 32.1. The van der Waals surface area contributed by atoms with Crippen LogP contribution in [0, 0.1) is 20.2 Å². The number of methoxy groups -OCH3 is 1. The van der Waals surface area contributed by atoms with Gasteiger partial charge >= 0.3 is 10.7 Å².